The first-order valence-electron chi connectivity index (χ1n) is 11.5. The largest absolute Gasteiger partial charge is 0.487 e. The summed E-state index contributed by atoms with van der Waals surface area (Å²) in [7, 11) is 0. The van der Waals surface area contributed by atoms with Gasteiger partial charge in [0.1, 0.15) is 23.7 Å². The highest BCUT2D eigenvalue weighted by Gasteiger charge is 2.43. The van der Waals surface area contributed by atoms with Crippen LogP contribution in [-0.2, 0) is 16.1 Å². The Morgan fingerprint density at radius 3 is 2.55 bits per heavy atom. The minimum Gasteiger partial charge on any atom is -0.487 e. The predicted octanol–water partition coefficient (Wildman–Crippen LogP) is 3.94. The van der Waals surface area contributed by atoms with E-state index in [1.807, 2.05) is 13.0 Å². The molecule has 1 atom stereocenters. The van der Waals surface area contributed by atoms with Crippen molar-refractivity contribution in [1.82, 2.24) is 15.1 Å². The minimum atomic E-state index is -0.324. The Hall–Kier alpha value is -3.32. The molecule has 7 nitrogen and oxygen atoms in total. The Morgan fingerprint density at radius 1 is 1.12 bits per heavy atom. The number of carbonyl (C=O) groups excluding carboxylic acids is 1. The van der Waals surface area contributed by atoms with E-state index in [2.05, 4.69) is 53.7 Å². The molecule has 1 aromatic heterocycles. The number of hydrogen-bond acceptors (Lipinski definition) is 5. The molecule has 1 unspecified atom stereocenters. The molecule has 1 saturated heterocycles. The lowest BCUT2D eigenvalue weighted by molar-refractivity contribution is -0.123. The summed E-state index contributed by atoms with van der Waals surface area (Å²) >= 11 is 0. The molecular weight excluding hydrogens is 416 g/mol. The van der Waals surface area contributed by atoms with Crippen LogP contribution in [0.3, 0.4) is 0 Å². The van der Waals surface area contributed by atoms with Gasteiger partial charge in [-0.3, -0.25) is 4.79 Å². The van der Waals surface area contributed by atoms with Crippen LogP contribution < -0.4 is 15.8 Å². The van der Waals surface area contributed by atoms with E-state index in [1.54, 1.807) is 6.07 Å². The number of anilines is 1. The van der Waals surface area contributed by atoms with E-state index >= 15 is 0 Å². The number of hydrogen-bond donors (Lipinski definition) is 2. The monoisotopic (exact) mass is 446 g/mol. The van der Waals surface area contributed by atoms with Crippen molar-refractivity contribution in [2.45, 2.75) is 51.3 Å². The molecule has 1 fully saturated rings. The normalized spacial score (nSPS) is 19.0. The molecular formula is C26H30N4O3. The van der Waals surface area contributed by atoms with Crippen LogP contribution in [0.25, 0.3) is 11.1 Å². The van der Waals surface area contributed by atoms with Gasteiger partial charge in [-0.1, -0.05) is 35.9 Å². The first kappa shape index (κ1) is 21.5. The summed E-state index contributed by atoms with van der Waals surface area (Å²) in [5.74, 6) is 1.20. The van der Waals surface area contributed by atoms with E-state index in [4.69, 9.17) is 15.2 Å². The molecule has 2 aliphatic heterocycles. The molecule has 5 rings (SSSR count). The number of aryl methyl sites for hydroxylation is 2. The van der Waals surface area contributed by atoms with Gasteiger partial charge in [0.25, 0.3) is 0 Å². The fourth-order valence-electron chi connectivity index (χ4n) is 4.84. The first-order chi connectivity index (χ1) is 15.9. The third-order valence-corrected chi connectivity index (χ3v) is 6.64. The molecule has 3 N–H and O–H groups in total. The Morgan fingerprint density at radius 2 is 1.85 bits per heavy atom. The number of aromatic nitrogens is 2. The van der Waals surface area contributed by atoms with Gasteiger partial charge >= 0.3 is 0 Å². The van der Waals surface area contributed by atoms with E-state index in [0.717, 1.165) is 41.0 Å². The van der Waals surface area contributed by atoms with Crippen molar-refractivity contribution in [3.05, 3.63) is 65.4 Å². The van der Waals surface area contributed by atoms with Crippen molar-refractivity contribution in [2.75, 3.05) is 18.9 Å². The maximum atomic E-state index is 13.0. The van der Waals surface area contributed by atoms with E-state index < -0.39 is 0 Å². The average molecular weight is 447 g/mol. The van der Waals surface area contributed by atoms with Gasteiger partial charge in [0.2, 0.25) is 5.91 Å². The maximum Gasteiger partial charge on any atom is 0.242 e. The number of fused-ring (bicyclic) bond motifs is 1. The van der Waals surface area contributed by atoms with Crippen LogP contribution in [0.4, 0.5) is 5.82 Å². The van der Waals surface area contributed by atoms with Gasteiger partial charge in [-0.2, -0.15) is 5.10 Å². The van der Waals surface area contributed by atoms with Gasteiger partial charge < -0.3 is 20.5 Å². The molecule has 0 aliphatic carbocycles. The fourth-order valence-corrected chi connectivity index (χ4v) is 4.84. The Labute approximate surface area is 193 Å². The summed E-state index contributed by atoms with van der Waals surface area (Å²) in [4.78, 5) is 13.0. The number of nitrogens with two attached hydrogens (primary N) is 1. The highest BCUT2D eigenvalue weighted by molar-refractivity contribution is 5.77. The van der Waals surface area contributed by atoms with Gasteiger partial charge in [-0.05, 0) is 37.1 Å². The van der Waals surface area contributed by atoms with Crippen molar-refractivity contribution in [2.24, 2.45) is 0 Å². The number of rotatable bonds is 4. The quantitative estimate of drug-likeness (QED) is 0.633. The Bertz CT molecular complexity index is 1160. The molecule has 3 aromatic rings. The number of nitrogen functional groups attached to an aromatic ring is 1. The van der Waals surface area contributed by atoms with Crippen molar-refractivity contribution in [3.8, 4) is 16.9 Å². The molecule has 33 heavy (non-hydrogen) atoms. The molecule has 172 valence electrons. The second-order valence-electron chi connectivity index (χ2n) is 9.21. The van der Waals surface area contributed by atoms with Crippen LogP contribution in [-0.4, -0.2) is 34.5 Å². The number of ether oxygens (including phenoxy) is 2. The van der Waals surface area contributed by atoms with E-state index in [0.29, 0.717) is 25.5 Å². The number of amides is 1. The second kappa shape index (κ2) is 8.56. The number of benzene rings is 2. The van der Waals surface area contributed by atoms with Crippen LogP contribution in [0.1, 0.15) is 42.1 Å². The summed E-state index contributed by atoms with van der Waals surface area (Å²) < 4.78 is 13.7. The zero-order valence-electron chi connectivity index (χ0n) is 19.1. The van der Waals surface area contributed by atoms with E-state index in [1.165, 1.54) is 10.2 Å². The zero-order valence-corrected chi connectivity index (χ0v) is 19.1. The Kier molecular flexibility index (Phi) is 5.58. The first-order valence-corrected chi connectivity index (χ1v) is 11.5. The standard InChI is InChI=1S/C26H30N4O3/c1-17-3-5-19(6-4-17)20-7-8-23-21(14-20)22(15-26(33-23)9-11-32-12-10-26)28-25(31)16-30-24(27)13-18(2)29-30/h3-8,13-14,22H,9-12,15-16,27H2,1-2H3,(H,28,31). The Balaban J connectivity index is 1.45. The van der Waals surface area contributed by atoms with Gasteiger partial charge in [0, 0.05) is 30.9 Å². The highest BCUT2D eigenvalue weighted by atomic mass is 16.5. The summed E-state index contributed by atoms with van der Waals surface area (Å²) in [5.41, 5.74) is 10.9. The lowest BCUT2D eigenvalue weighted by Crippen LogP contribution is -2.49. The third kappa shape index (κ3) is 4.46. The molecule has 1 spiro atoms. The smallest absolute Gasteiger partial charge is 0.242 e. The fraction of sp³-hybridized carbons (Fsp3) is 0.385. The van der Waals surface area contributed by atoms with Crippen molar-refractivity contribution in [1.29, 1.82) is 0 Å². The topological polar surface area (TPSA) is 91.4 Å². The lowest BCUT2D eigenvalue weighted by atomic mass is 9.81. The van der Waals surface area contributed by atoms with Crippen LogP contribution in [0.15, 0.2) is 48.5 Å². The van der Waals surface area contributed by atoms with Gasteiger partial charge in [-0.25, -0.2) is 4.68 Å². The van der Waals surface area contributed by atoms with Gasteiger partial charge in [0.05, 0.1) is 24.9 Å². The van der Waals surface area contributed by atoms with E-state index in [-0.39, 0.29) is 24.1 Å². The van der Waals surface area contributed by atoms with Crippen molar-refractivity contribution < 1.29 is 14.3 Å². The van der Waals surface area contributed by atoms with Gasteiger partial charge in [-0.15, -0.1) is 0 Å². The summed E-state index contributed by atoms with van der Waals surface area (Å²) in [6, 6.07) is 16.3. The highest BCUT2D eigenvalue weighted by Crippen LogP contribution is 2.45. The molecule has 7 heteroatoms. The summed E-state index contributed by atoms with van der Waals surface area (Å²) in [5, 5.41) is 7.56. The molecule has 0 radical (unpaired) electrons. The SMILES string of the molecule is Cc1ccc(-c2ccc3c(c2)C(NC(=O)Cn2nc(C)cc2N)CC2(CCOCC2)O3)cc1. The van der Waals surface area contributed by atoms with E-state index in [9.17, 15) is 4.79 Å². The number of nitrogens with zero attached hydrogens (tertiary/aromatic N) is 2. The van der Waals surface area contributed by atoms with Crippen molar-refractivity contribution >= 4 is 11.7 Å². The van der Waals surface area contributed by atoms with Crippen molar-refractivity contribution in [3.63, 3.8) is 0 Å². The average Bonchev–Trinajstić information content (AvgIpc) is 3.11. The maximum absolute atomic E-state index is 13.0. The molecule has 0 saturated carbocycles. The van der Waals surface area contributed by atoms with Crippen LogP contribution in [0.5, 0.6) is 5.75 Å². The molecule has 2 aromatic carbocycles. The van der Waals surface area contributed by atoms with Crippen LogP contribution in [0, 0.1) is 13.8 Å². The van der Waals surface area contributed by atoms with Gasteiger partial charge in [0.15, 0.2) is 0 Å². The molecule has 2 aliphatic rings. The molecule has 1 amide bonds. The second-order valence-corrected chi connectivity index (χ2v) is 9.21. The minimum absolute atomic E-state index is 0.0835. The zero-order chi connectivity index (χ0) is 23.0. The summed E-state index contributed by atoms with van der Waals surface area (Å²) in [6.07, 6.45) is 2.33. The summed E-state index contributed by atoms with van der Waals surface area (Å²) in [6.45, 7) is 5.36. The lowest BCUT2D eigenvalue weighted by Gasteiger charge is -2.44. The third-order valence-electron chi connectivity index (χ3n) is 6.64. The molecule has 3 heterocycles. The van der Waals surface area contributed by atoms with Crippen LogP contribution in [0.2, 0.25) is 0 Å². The predicted molar refractivity (Wildman–Crippen MR) is 127 cm³/mol. The number of nitrogens with one attached hydrogen (secondary N) is 1. The number of carbonyl (C=O) groups is 1. The van der Waals surface area contributed by atoms with Crippen LogP contribution >= 0.6 is 0 Å². The molecule has 0 bridgehead atoms.